The summed E-state index contributed by atoms with van der Waals surface area (Å²) in [5.41, 5.74) is 0. The molecule has 0 aliphatic heterocycles. The van der Waals surface area contributed by atoms with Crippen molar-refractivity contribution in [3.05, 3.63) is 91.0 Å². The van der Waals surface area contributed by atoms with Crippen molar-refractivity contribution in [3.8, 4) is 0 Å². The van der Waals surface area contributed by atoms with Crippen LogP contribution in [0.5, 0.6) is 0 Å². The molecule has 0 atom stereocenters. The van der Waals surface area contributed by atoms with E-state index >= 15 is 0 Å². The Labute approximate surface area is 131 Å². The number of benzene rings is 3. The quantitative estimate of drug-likeness (QED) is 0.644. The monoisotopic (exact) mass is 308 g/mol. The smallest absolute Gasteiger partial charge is 0.109 e. The van der Waals surface area contributed by atoms with Crippen LogP contribution in [0.1, 0.15) is 0 Å². The molecule has 0 spiro atoms. The highest BCUT2D eigenvalue weighted by Gasteiger charge is 2.24. The fraction of sp³-hybridized carbons (Fsp3) is 0.0500. The molecule has 0 amide bonds. The predicted octanol–water partition coefficient (Wildman–Crippen LogP) is 3.75. The summed E-state index contributed by atoms with van der Waals surface area (Å²) in [4.78, 5) is 0. The molecule has 22 heavy (non-hydrogen) atoms. The number of hydrogen-bond donors (Lipinski definition) is 0. The number of hydrogen-bond acceptors (Lipinski definition) is 0. The summed E-state index contributed by atoms with van der Waals surface area (Å²) in [6, 6.07) is 30.9. The molecule has 2 heteroatoms. The zero-order valence-electron chi connectivity index (χ0n) is 12.3. The first-order valence-corrected chi connectivity index (χ1v) is 9.19. The molecule has 0 aliphatic rings. The topological polar surface area (TPSA) is 0 Å². The van der Waals surface area contributed by atoms with Crippen molar-refractivity contribution in [2.75, 3.05) is 6.67 Å². The first kappa shape index (κ1) is 14.8. The molecule has 3 aromatic carbocycles. The third-order valence-electron chi connectivity index (χ3n) is 3.83. The van der Waals surface area contributed by atoms with E-state index in [1.165, 1.54) is 15.9 Å². The minimum Gasteiger partial charge on any atom is -0.247 e. The fourth-order valence-corrected chi connectivity index (χ4v) is 6.52. The van der Waals surface area contributed by atoms with E-state index in [0.717, 1.165) is 0 Å². The SMILES string of the molecule is FCC=P(c1ccccc1)(c1ccccc1)c1ccccc1. The van der Waals surface area contributed by atoms with Crippen LogP contribution < -0.4 is 15.9 Å². The first-order valence-electron chi connectivity index (χ1n) is 7.34. The molecule has 0 N–H and O–H groups in total. The molecule has 0 nitrogen and oxygen atoms in total. The highest BCUT2D eigenvalue weighted by atomic mass is 31.2. The van der Waals surface area contributed by atoms with Gasteiger partial charge >= 0.3 is 0 Å². The Morgan fingerprint density at radius 3 is 1.18 bits per heavy atom. The molecule has 0 unspecified atom stereocenters. The minimum atomic E-state index is -2.05. The summed E-state index contributed by atoms with van der Waals surface area (Å²) in [6.07, 6.45) is 0. The summed E-state index contributed by atoms with van der Waals surface area (Å²) < 4.78 is 13.5. The molecule has 3 rings (SSSR count). The van der Waals surface area contributed by atoms with Crippen molar-refractivity contribution >= 4 is 28.6 Å². The molecule has 0 aliphatic carbocycles. The van der Waals surface area contributed by atoms with Crippen LogP contribution in [-0.4, -0.2) is 12.5 Å². The van der Waals surface area contributed by atoms with E-state index in [2.05, 4.69) is 36.4 Å². The Morgan fingerprint density at radius 1 is 0.591 bits per heavy atom. The average molecular weight is 308 g/mol. The lowest BCUT2D eigenvalue weighted by molar-refractivity contribution is 0.590. The maximum absolute atomic E-state index is 13.5. The zero-order valence-corrected chi connectivity index (χ0v) is 13.2. The molecular formula is C20H18FP. The van der Waals surface area contributed by atoms with Crippen molar-refractivity contribution in [2.24, 2.45) is 0 Å². The Kier molecular flexibility index (Phi) is 4.56. The molecule has 110 valence electrons. The van der Waals surface area contributed by atoms with Crippen molar-refractivity contribution < 1.29 is 4.39 Å². The van der Waals surface area contributed by atoms with Crippen LogP contribution >= 0.6 is 6.89 Å². The predicted molar refractivity (Wildman–Crippen MR) is 97.2 cm³/mol. The van der Waals surface area contributed by atoms with Gasteiger partial charge in [0.2, 0.25) is 0 Å². The van der Waals surface area contributed by atoms with Gasteiger partial charge in [0.1, 0.15) is 6.67 Å². The zero-order chi connectivity index (χ0) is 15.3. The van der Waals surface area contributed by atoms with Gasteiger partial charge in [-0.25, -0.2) is 4.39 Å². The van der Waals surface area contributed by atoms with Gasteiger partial charge in [0.05, 0.1) is 0 Å². The minimum absolute atomic E-state index is 0.438. The lowest BCUT2D eigenvalue weighted by atomic mass is 10.4. The van der Waals surface area contributed by atoms with Crippen LogP contribution in [0.2, 0.25) is 0 Å². The van der Waals surface area contributed by atoms with E-state index < -0.39 is 13.6 Å². The highest BCUT2D eigenvalue weighted by molar-refractivity contribution is 7.94. The van der Waals surface area contributed by atoms with Crippen LogP contribution in [-0.2, 0) is 0 Å². The van der Waals surface area contributed by atoms with E-state index in [1.807, 2.05) is 60.4 Å². The summed E-state index contributed by atoms with van der Waals surface area (Å²) in [5, 5.41) is 3.56. The van der Waals surface area contributed by atoms with Crippen LogP contribution in [0.15, 0.2) is 91.0 Å². The molecule has 0 fully saturated rings. The highest BCUT2D eigenvalue weighted by Crippen LogP contribution is 2.43. The average Bonchev–Trinajstić information content (AvgIpc) is 2.62. The number of rotatable bonds is 4. The van der Waals surface area contributed by atoms with E-state index in [4.69, 9.17) is 0 Å². The Bertz CT molecular complexity index is 661. The van der Waals surface area contributed by atoms with Gasteiger partial charge in [-0.15, -0.1) is 0 Å². The second kappa shape index (κ2) is 6.77. The van der Waals surface area contributed by atoms with Gasteiger partial charge in [0.15, 0.2) is 0 Å². The maximum Gasteiger partial charge on any atom is 0.109 e. The molecule has 3 aromatic rings. The van der Waals surface area contributed by atoms with Crippen LogP contribution in [0.4, 0.5) is 4.39 Å². The van der Waals surface area contributed by atoms with Gasteiger partial charge in [-0.2, -0.15) is 0 Å². The van der Waals surface area contributed by atoms with Crippen molar-refractivity contribution in [1.29, 1.82) is 0 Å². The van der Waals surface area contributed by atoms with Crippen LogP contribution in [0.3, 0.4) is 0 Å². The molecule has 0 heterocycles. The molecule has 0 saturated heterocycles. The van der Waals surface area contributed by atoms with Crippen LogP contribution in [0, 0.1) is 0 Å². The normalized spacial score (nSPS) is 11.1. The second-order valence-electron chi connectivity index (χ2n) is 5.07. The summed E-state index contributed by atoms with van der Waals surface area (Å²) in [7, 11) is 0. The summed E-state index contributed by atoms with van der Waals surface area (Å²) >= 11 is 0. The fourth-order valence-electron chi connectivity index (χ4n) is 2.86. The van der Waals surface area contributed by atoms with Gasteiger partial charge in [0, 0.05) is 0 Å². The number of alkyl halides is 1. The molecular weight excluding hydrogens is 290 g/mol. The van der Waals surface area contributed by atoms with Gasteiger partial charge in [-0.1, -0.05) is 91.0 Å². The molecule has 0 aromatic heterocycles. The van der Waals surface area contributed by atoms with E-state index in [-0.39, 0.29) is 0 Å². The standard InChI is InChI=1S/C20H18FP/c21-16-17-22(18-10-4-1-5-11-18,19-12-6-2-7-13-19)20-14-8-3-9-15-20/h1-15,17H,16H2. The molecule has 0 saturated carbocycles. The van der Waals surface area contributed by atoms with Gasteiger partial charge in [0.25, 0.3) is 0 Å². The van der Waals surface area contributed by atoms with Gasteiger partial charge < -0.3 is 0 Å². The maximum atomic E-state index is 13.5. The van der Waals surface area contributed by atoms with Crippen molar-refractivity contribution in [1.82, 2.24) is 0 Å². The lowest BCUT2D eigenvalue weighted by Gasteiger charge is -2.28. The third-order valence-corrected chi connectivity index (χ3v) is 7.86. The Balaban J connectivity index is 2.38. The van der Waals surface area contributed by atoms with Gasteiger partial charge in [-0.05, 0) is 28.6 Å². The van der Waals surface area contributed by atoms with E-state index in [0.29, 0.717) is 0 Å². The third kappa shape index (κ3) is 2.65. The molecule has 0 radical (unpaired) electrons. The lowest BCUT2D eigenvalue weighted by Crippen LogP contribution is -2.27. The Hall–Kier alpha value is -2.11. The Morgan fingerprint density at radius 2 is 0.909 bits per heavy atom. The van der Waals surface area contributed by atoms with Crippen LogP contribution in [0.25, 0.3) is 0 Å². The van der Waals surface area contributed by atoms with Gasteiger partial charge in [-0.3, -0.25) is 0 Å². The summed E-state index contributed by atoms with van der Waals surface area (Å²) in [5.74, 6) is 1.87. The van der Waals surface area contributed by atoms with Crippen molar-refractivity contribution in [3.63, 3.8) is 0 Å². The molecule has 0 bridgehead atoms. The van der Waals surface area contributed by atoms with Crippen molar-refractivity contribution in [2.45, 2.75) is 0 Å². The van der Waals surface area contributed by atoms with E-state index in [9.17, 15) is 4.39 Å². The summed E-state index contributed by atoms with van der Waals surface area (Å²) in [6.45, 7) is -2.49. The first-order chi connectivity index (χ1) is 10.9. The van der Waals surface area contributed by atoms with E-state index in [1.54, 1.807) is 0 Å². The number of halogens is 1. The second-order valence-corrected chi connectivity index (χ2v) is 8.43. The largest absolute Gasteiger partial charge is 0.247 e.